The predicted octanol–water partition coefficient (Wildman–Crippen LogP) is 0.499. The predicted molar refractivity (Wildman–Crippen MR) is 82.4 cm³/mol. The molecule has 2 fully saturated rings. The van der Waals surface area contributed by atoms with Crippen LogP contribution < -0.4 is 5.73 Å². The molecule has 0 aromatic carbocycles. The van der Waals surface area contributed by atoms with E-state index in [0.717, 1.165) is 32.2 Å². The number of nitrogens with zero attached hydrogens (tertiary/aromatic N) is 2. The molecule has 20 heavy (non-hydrogen) atoms. The van der Waals surface area contributed by atoms with E-state index in [1.54, 1.807) is 11.9 Å². The lowest BCUT2D eigenvalue weighted by atomic mass is 10.00. The van der Waals surface area contributed by atoms with Crippen LogP contribution in [0.25, 0.3) is 0 Å². The van der Waals surface area contributed by atoms with E-state index in [9.17, 15) is 9.90 Å². The topological polar surface area (TPSA) is 69.8 Å². The maximum absolute atomic E-state index is 12.1. The number of thiocarbonyl (C=S) groups is 1. The third-order valence-electron chi connectivity index (χ3n) is 4.56. The summed E-state index contributed by atoms with van der Waals surface area (Å²) in [5.74, 6) is 0.145. The number of piperidine rings is 1. The van der Waals surface area contributed by atoms with Crippen LogP contribution in [-0.4, -0.2) is 64.1 Å². The summed E-state index contributed by atoms with van der Waals surface area (Å²) in [6, 6.07) is 0.942. The van der Waals surface area contributed by atoms with Crippen LogP contribution in [-0.2, 0) is 4.79 Å². The number of carbonyl (C=O) groups excluding carboxylic acids is 1. The van der Waals surface area contributed by atoms with Crippen molar-refractivity contribution < 1.29 is 9.90 Å². The van der Waals surface area contributed by atoms with E-state index in [-0.39, 0.29) is 12.0 Å². The first kappa shape index (κ1) is 15.7. The zero-order valence-electron chi connectivity index (χ0n) is 12.1. The first-order valence-electron chi connectivity index (χ1n) is 7.43. The Bertz CT molecular complexity index is 363. The summed E-state index contributed by atoms with van der Waals surface area (Å²) < 4.78 is 0. The van der Waals surface area contributed by atoms with Gasteiger partial charge in [-0.3, -0.25) is 9.69 Å². The first-order chi connectivity index (χ1) is 9.47. The molecule has 6 heteroatoms. The van der Waals surface area contributed by atoms with Gasteiger partial charge in [-0.1, -0.05) is 12.2 Å². The molecule has 0 aromatic rings. The molecule has 114 valence electrons. The maximum atomic E-state index is 12.1. The Morgan fingerprint density at radius 2 is 1.95 bits per heavy atom. The van der Waals surface area contributed by atoms with Crippen molar-refractivity contribution in [1.29, 1.82) is 0 Å². The number of aliphatic hydroxyl groups is 1. The van der Waals surface area contributed by atoms with Crippen LogP contribution in [0.1, 0.15) is 38.5 Å². The molecule has 2 heterocycles. The smallest absolute Gasteiger partial charge is 0.223 e. The number of aliphatic hydroxyl groups excluding tert-OH is 1. The van der Waals surface area contributed by atoms with E-state index in [2.05, 4.69) is 4.90 Å². The Balaban J connectivity index is 1.75. The molecule has 0 saturated carbocycles. The van der Waals surface area contributed by atoms with Crippen molar-refractivity contribution in [3.05, 3.63) is 0 Å². The number of rotatable bonds is 6. The molecule has 0 aliphatic carbocycles. The van der Waals surface area contributed by atoms with Gasteiger partial charge in [-0.05, 0) is 25.7 Å². The second-order valence-electron chi connectivity index (χ2n) is 6.03. The highest BCUT2D eigenvalue weighted by Gasteiger charge is 2.39. The van der Waals surface area contributed by atoms with Crippen LogP contribution in [0.5, 0.6) is 0 Å². The molecule has 2 aliphatic heterocycles. The lowest BCUT2D eigenvalue weighted by Crippen LogP contribution is -2.46. The maximum Gasteiger partial charge on any atom is 0.223 e. The molecular weight excluding hydrogens is 274 g/mol. The van der Waals surface area contributed by atoms with Crippen molar-refractivity contribution in [2.75, 3.05) is 20.1 Å². The van der Waals surface area contributed by atoms with E-state index < -0.39 is 0 Å². The second-order valence-corrected chi connectivity index (χ2v) is 6.55. The number of carbonyl (C=O) groups is 1. The minimum absolute atomic E-state index is 0.145. The highest BCUT2D eigenvalue weighted by atomic mass is 32.1. The van der Waals surface area contributed by atoms with E-state index >= 15 is 0 Å². The van der Waals surface area contributed by atoms with E-state index in [1.165, 1.54) is 0 Å². The Labute approximate surface area is 126 Å². The van der Waals surface area contributed by atoms with Crippen LogP contribution in [0.4, 0.5) is 0 Å². The third-order valence-corrected chi connectivity index (χ3v) is 4.77. The number of fused-ring (bicyclic) bond motifs is 2. The molecule has 0 spiro atoms. The Kier molecular flexibility index (Phi) is 5.35. The van der Waals surface area contributed by atoms with Crippen LogP contribution in [0.15, 0.2) is 0 Å². The van der Waals surface area contributed by atoms with Gasteiger partial charge in [-0.2, -0.15) is 0 Å². The molecule has 2 rings (SSSR count). The summed E-state index contributed by atoms with van der Waals surface area (Å²) in [7, 11) is 1.80. The average Bonchev–Trinajstić information content (AvgIpc) is 2.63. The molecule has 2 aliphatic rings. The van der Waals surface area contributed by atoms with E-state index in [1.807, 2.05) is 0 Å². The summed E-state index contributed by atoms with van der Waals surface area (Å²) in [4.78, 5) is 16.6. The van der Waals surface area contributed by atoms with Crippen LogP contribution in [0.2, 0.25) is 0 Å². The molecule has 2 bridgehead atoms. The van der Waals surface area contributed by atoms with Crippen molar-refractivity contribution in [1.82, 2.24) is 9.80 Å². The highest BCUT2D eigenvalue weighted by Crippen LogP contribution is 2.35. The minimum Gasteiger partial charge on any atom is -0.393 e. The SMILES string of the molecule is CN(CCC(N)=S)C(=O)CCN1C2CCC1CC(O)C2. The lowest BCUT2D eigenvalue weighted by Gasteiger charge is -2.37. The van der Waals surface area contributed by atoms with Gasteiger partial charge < -0.3 is 15.7 Å². The van der Waals surface area contributed by atoms with Crippen molar-refractivity contribution >= 4 is 23.1 Å². The molecule has 5 nitrogen and oxygen atoms in total. The van der Waals surface area contributed by atoms with Gasteiger partial charge in [-0.25, -0.2) is 0 Å². The number of amides is 1. The van der Waals surface area contributed by atoms with Gasteiger partial charge in [0.1, 0.15) is 0 Å². The standard InChI is InChI=1S/C14H25N3O2S/c1-16(6-4-13(15)20)14(19)5-7-17-10-2-3-11(17)9-12(18)8-10/h10-12,18H,2-9H2,1H3,(H2,15,20). The van der Waals surface area contributed by atoms with Gasteiger partial charge in [0, 0.05) is 45.1 Å². The van der Waals surface area contributed by atoms with Gasteiger partial charge >= 0.3 is 0 Å². The van der Waals surface area contributed by atoms with Crippen molar-refractivity contribution in [3.8, 4) is 0 Å². The zero-order chi connectivity index (χ0) is 14.7. The third kappa shape index (κ3) is 3.90. The molecular formula is C14H25N3O2S. The Morgan fingerprint density at radius 1 is 1.35 bits per heavy atom. The van der Waals surface area contributed by atoms with E-state index in [0.29, 0.717) is 36.5 Å². The molecule has 2 unspecified atom stereocenters. The number of nitrogens with two attached hydrogens (primary N) is 1. The average molecular weight is 299 g/mol. The molecule has 0 aromatic heterocycles. The van der Waals surface area contributed by atoms with Crippen LogP contribution >= 0.6 is 12.2 Å². The fourth-order valence-corrected chi connectivity index (χ4v) is 3.52. The monoisotopic (exact) mass is 299 g/mol. The van der Waals surface area contributed by atoms with Gasteiger partial charge in [-0.15, -0.1) is 0 Å². The number of hydrogen-bond donors (Lipinski definition) is 2. The number of hydrogen-bond acceptors (Lipinski definition) is 4. The van der Waals surface area contributed by atoms with Crippen molar-refractivity contribution in [2.45, 2.75) is 56.7 Å². The fourth-order valence-electron chi connectivity index (χ4n) is 3.43. The van der Waals surface area contributed by atoms with Crippen molar-refractivity contribution in [2.24, 2.45) is 5.73 Å². The summed E-state index contributed by atoms with van der Waals surface area (Å²) in [6.45, 7) is 1.40. The lowest BCUT2D eigenvalue weighted by molar-refractivity contribution is -0.130. The van der Waals surface area contributed by atoms with Crippen molar-refractivity contribution in [3.63, 3.8) is 0 Å². The molecule has 3 N–H and O–H groups in total. The molecule has 0 radical (unpaired) electrons. The second kappa shape index (κ2) is 6.83. The molecule has 2 atom stereocenters. The normalized spacial score (nSPS) is 29.4. The Hall–Kier alpha value is -0.720. The van der Waals surface area contributed by atoms with Gasteiger partial charge in [0.15, 0.2) is 0 Å². The van der Waals surface area contributed by atoms with E-state index in [4.69, 9.17) is 18.0 Å². The van der Waals surface area contributed by atoms with Gasteiger partial charge in [0.25, 0.3) is 0 Å². The van der Waals surface area contributed by atoms with Crippen LogP contribution in [0, 0.1) is 0 Å². The summed E-state index contributed by atoms with van der Waals surface area (Å²) in [5, 5.41) is 9.77. The molecule has 1 amide bonds. The highest BCUT2D eigenvalue weighted by molar-refractivity contribution is 7.80. The van der Waals surface area contributed by atoms with Crippen LogP contribution in [0.3, 0.4) is 0 Å². The van der Waals surface area contributed by atoms with Gasteiger partial charge in [0.05, 0.1) is 11.1 Å². The summed E-state index contributed by atoms with van der Waals surface area (Å²) in [6.07, 6.45) is 5.02. The molecule has 2 saturated heterocycles. The Morgan fingerprint density at radius 3 is 2.50 bits per heavy atom. The zero-order valence-corrected chi connectivity index (χ0v) is 12.9. The largest absolute Gasteiger partial charge is 0.393 e. The van der Waals surface area contributed by atoms with Gasteiger partial charge in [0.2, 0.25) is 5.91 Å². The first-order valence-corrected chi connectivity index (χ1v) is 7.84. The summed E-state index contributed by atoms with van der Waals surface area (Å²) in [5.41, 5.74) is 5.45. The quantitative estimate of drug-likeness (QED) is 0.699. The fraction of sp³-hybridized carbons (Fsp3) is 0.857. The minimum atomic E-state index is -0.146. The summed E-state index contributed by atoms with van der Waals surface area (Å²) >= 11 is 4.83.